The van der Waals surface area contributed by atoms with Crippen LogP contribution in [-0.4, -0.2) is 4.92 Å². The van der Waals surface area contributed by atoms with E-state index in [0.717, 1.165) is 17.0 Å². The minimum absolute atomic E-state index is 0.105. The minimum atomic E-state index is -0.563. The van der Waals surface area contributed by atoms with Crippen molar-refractivity contribution in [2.24, 2.45) is 0 Å². The number of nitro benzene ring substituents is 1. The fourth-order valence-corrected chi connectivity index (χ4v) is 2.42. The Morgan fingerprint density at radius 2 is 2.17 bits per heavy atom. The molecule has 0 amide bonds. The molecular formula is C11H8ClFN2O2S. The maximum absolute atomic E-state index is 13.4. The second-order valence-electron chi connectivity index (χ2n) is 3.48. The zero-order valence-corrected chi connectivity index (χ0v) is 10.6. The maximum Gasteiger partial charge on any atom is 0.271 e. The fourth-order valence-electron chi connectivity index (χ4n) is 1.39. The number of hydrogen-bond donors (Lipinski definition) is 1. The molecule has 1 N–H and O–H groups in total. The van der Waals surface area contributed by atoms with Gasteiger partial charge in [-0.15, -0.1) is 11.3 Å². The summed E-state index contributed by atoms with van der Waals surface area (Å²) in [5.41, 5.74) is -0.0446. The summed E-state index contributed by atoms with van der Waals surface area (Å²) in [7, 11) is 0. The quantitative estimate of drug-likeness (QED) is 0.681. The van der Waals surface area contributed by atoms with E-state index in [9.17, 15) is 14.5 Å². The monoisotopic (exact) mass is 286 g/mol. The summed E-state index contributed by atoms with van der Waals surface area (Å²) in [5, 5.41) is 13.4. The number of nitrogens with zero attached hydrogens (tertiary/aromatic N) is 1. The molecule has 7 heteroatoms. The number of hydrogen-bond acceptors (Lipinski definition) is 4. The molecule has 1 aromatic heterocycles. The van der Waals surface area contributed by atoms with Gasteiger partial charge in [0.2, 0.25) is 0 Å². The van der Waals surface area contributed by atoms with E-state index in [1.807, 2.05) is 6.07 Å². The van der Waals surface area contributed by atoms with Crippen LogP contribution in [0.25, 0.3) is 0 Å². The Hall–Kier alpha value is -1.66. The molecule has 0 saturated heterocycles. The van der Waals surface area contributed by atoms with E-state index in [2.05, 4.69) is 5.32 Å². The third kappa shape index (κ3) is 2.96. The van der Waals surface area contributed by atoms with Gasteiger partial charge in [-0.25, -0.2) is 4.39 Å². The van der Waals surface area contributed by atoms with E-state index in [0.29, 0.717) is 10.9 Å². The van der Waals surface area contributed by atoms with Crippen molar-refractivity contribution in [3.05, 3.63) is 55.5 Å². The lowest BCUT2D eigenvalue weighted by Crippen LogP contribution is -2.00. The van der Waals surface area contributed by atoms with Gasteiger partial charge < -0.3 is 5.32 Å². The maximum atomic E-state index is 13.4. The number of rotatable bonds is 4. The van der Waals surface area contributed by atoms with Crippen molar-refractivity contribution in [1.82, 2.24) is 0 Å². The molecule has 2 rings (SSSR count). The highest BCUT2D eigenvalue weighted by Gasteiger charge is 2.10. The molecule has 0 aliphatic rings. The fraction of sp³-hybridized carbons (Fsp3) is 0.0909. The van der Waals surface area contributed by atoms with E-state index in [4.69, 9.17) is 11.6 Å². The van der Waals surface area contributed by atoms with Crippen LogP contribution < -0.4 is 5.32 Å². The molecule has 94 valence electrons. The van der Waals surface area contributed by atoms with Crippen molar-refractivity contribution >= 4 is 34.3 Å². The van der Waals surface area contributed by atoms with Crippen LogP contribution in [0.2, 0.25) is 4.34 Å². The smallest absolute Gasteiger partial charge is 0.271 e. The zero-order chi connectivity index (χ0) is 13.1. The zero-order valence-electron chi connectivity index (χ0n) is 9.02. The van der Waals surface area contributed by atoms with Gasteiger partial charge in [0.25, 0.3) is 5.69 Å². The summed E-state index contributed by atoms with van der Waals surface area (Å²) in [6.07, 6.45) is 0. The number of thiophene rings is 1. The van der Waals surface area contributed by atoms with Gasteiger partial charge in [0, 0.05) is 23.6 Å². The summed E-state index contributed by atoms with van der Waals surface area (Å²) in [4.78, 5) is 10.9. The summed E-state index contributed by atoms with van der Waals surface area (Å²) in [6, 6.07) is 6.93. The molecule has 0 fully saturated rings. The molecule has 0 unspecified atom stereocenters. The lowest BCUT2D eigenvalue weighted by Gasteiger charge is -2.05. The Morgan fingerprint density at radius 3 is 2.78 bits per heavy atom. The SMILES string of the molecule is O=[N+]([O-])c1ccc(F)c(NCc2ccc(Cl)s2)c1. The third-order valence-electron chi connectivity index (χ3n) is 2.24. The van der Waals surface area contributed by atoms with Crippen molar-refractivity contribution in [2.75, 3.05) is 5.32 Å². The first-order valence-corrected chi connectivity index (χ1v) is 6.18. The highest BCUT2D eigenvalue weighted by molar-refractivity contribution is 7.16. The average molecular weight is 287 g/mol. The van der Waals surface area contributed by atoms with Gasteiger partial charge in [-0.2, -0.15) is 0 Å². The summed E-state index contributed by atoms with van der Waals surface area (Å²) in [6.45, 7) is 0.371. The Balaban J connectivity index is 2.13. The van der Waals surface area contributed by atoms with Crippen molar-refractivity contribution in [3.8, 4) is 0 Å². The number of nitrogens with one attached hydrogen (secondary N) is 1. The molecular weight excluding hydrogens is 279 g/mol. The molecule has 0 atom stereocenters. The van der Waals surface area contributed by atoms with E-state index >= 15 is 0 Å². The first-order valence-electron chi connectivity index (χ1n) is 4.98. The average Bonchev–Trinajstić information content (AvgIpc) is 2.74. The predicted octanol–water partition coefficient (Wildman–Crippen LogP) is 4.06. The topological polar surface area (TPSA) is 55.2 Å². The Labute approximate surface area is 111 Å². The van der Waals surface area contributed by atoms with Crippen molar-refractivity contribution < 1.29 is 9.31 Å². The van der Waals surface area contributed by atoms with E-state index in [1.54, 1.807) is 6.07 Å². The second-order valence-corrected chi connectivity index (χ2v) is 5.28. The number of nitro groups is 1. The lowest BCUT2D eigenvalue weighted by atomic mass is 10.2. The number of anilines is 1. The summed E-state index contributed by atoms with van der Waals surface area (Å²) in [5.74, 6) is -0.525. The van der Waals surface area contributed by atoms with Crippen LogP contribution in [0.4, 0.5) is 15.8 Å². The van der Waals surface area contributed by atoms with Gasteiger partial charge in [-0.05, 0) is 18.2 Å². The Bertz CT molecular complexity index is 588. The van der Waals surface area contributed by atoms with Gasteiger partial charge in [-0.1, -0.05) is 11.6 Å². The summed E-state index contributed by atoms with van der Waals surface area (Å²) >= 11 is 7.14. The van der Waals surface area contributed by atoms with Crippen LogP contribution in [0.1, 0.15) is 4.88 Å². The molecule has 1 aromatic carbocycles. The molecule has 0 aliphatic carbocycles. The predicted molar refractivity (Wildman–Crippen MR) is 69.7 cm³/mol. The first kappa shape index (κ1) is 12.8. The van der Waals surface area contributed by atoms with Crippen molar-refractivity contribution in [2.45, 2.75) is 6.54 Å². The molecule has 1 heterocycles. The minimum Gasteiger partial charge on any atom is -0.378 e. The first-order chi connectivity index (χ1) is 8.56. The van der Waals surface area contributed by atoms with Gasteiger partial charge in [-0.3, -0.25) is 10.1 Å². The Morgan fingerprint density at radius 1 is 1.39 bits per heavy atom. The van der Waals surface area contributed by atoms with E-state index in [1.165, 1.54) is 17.4 Å². The highest BCUT2D eigenvalue weighted by Crippen LogP contribution is 2.25. The molecule has 2 aromatic rings. The van der Waals surface area contributed by atoms with Crippen LogP contribution in [0, 0.1) is 15.9 Å². The van der Waals surface area contributed by atoms with Crippen LogP contribution in [0.15, 0.2) is 30.3 Å². The molecule has 0 saturated carbocycles. The van der Waals surface area contributed by atoms with Crippen LogP contribution >= 0.6 is 22.9 Å². The largest absolute Gasteiger partial charge is 0.378 e. The molecule has 0 radical (unpaired) electrons. The molecule has 18 heavy (non-hydrogen) atoms. The third-order valence-corrected chi connectivity index (χ3v) is 3.47. The number of benzene rings is 1. The highest BCUT2D eigenvalue weighted by atomic mass is 35.5. The van der Waals surface area contributed by atoms with Gasteiger partial charge >= 0.3 is 0 Å². The standard InChI is InChI=1S/C11H8ClFN2O2S/c12-11-4-2-8(18-11)6-14-10-5-7(15(16)17)1-3-9(10)13/h1-5,14H,6H2. The Kier molecular flexibility index (Phi) is 3.78. The van der Waals surface area contributed by atoms with Crippen LogP contribution in [0.3, 0.4) is 0 Å². The number of non-ortho nitro benzene ring substituents is 1. The molecule has 0 bridgehead atoms. The van der Waals surface area contributed by atoms with Crippen LogP contribution in [-0.2, 0) is 6.54 Å². The van der Waals surface area contributed by atoms with E-state index in [-0.39, 0.29) is 11.4 Å². The van der Waals surface area contributed by atoms with Gasteiger partial charge in [0.05, 0.1) is 14.9 Å². The normalized spacial score (nSPS) is 10.3. The second kappa shape index (κ2) is 5.32. The van der Waals surface area contributed by atoms with Crippen LogP contribution in [0.5, 0.6) is 0 Å². The van der Waals surface area contributed by atoms with E-state index < -0.39 is 10.7 Å². The summed E-state index contributed by atoms with van der Waals surface area (Å²) < 4.78 is 14.1. The molecule has 0 aliphatic heterocycles. The van der Waals surface area contributed by atoms with Crippen molar-refractivity contribution in [3.63, 3.8) is 0 Å². The van der Waals surface area contributed by atoms with Gasteiger partial charge in [0.1, 0.15) is 5.82 Å². The van der Waals surface area contributed by atoms with Gasteiger partial charge in [0.15, 0.2) is 0 Å². The van der Waals surface area contributed by atoms with Crippen molar-refractivity contribution in [1.29, 1.82) is 0 Å². The number of halogens is 2. The lowest BCUT2D eigenvalue weighted by molar-refractivity contribution is -0.384. The molecule has 0 spiro atoms. The molecule has 4 nitrogen and oxygen atoms in total.